The van der Waals surface area contributed by atoms with E-state index in [4.69, 9.17) is 0 Å². The summed E-state index contributed by atoms with van der Waals surface area (Å²) in [7, 11) is 0. The third-order valence-corrected chi connectivity index (χ3v) is 6.77. The Kier molecular flexibility index (Phi) is 7.88. The van der Waals surface area contributed by atoms with Crippen LogP contribution in [0.15, 0.2) is 91.0 Å². The second kappa shape index (κ2) is 11.4. The standard InChI is InChI=1S/C33H24F6N2O2/c1-19-20(2)40-21(3)41-31(19)25-6-4-22(5-7-25)26-16-27(23-8-12-29(13-9-23)42-32(34,35)36)18-28(17-26)24-10-14-30(15-11-24)43-33(37,38)39/h4-18H,1-3H3. The van der Waals surface area contributed by atoms with Gasteiger partial charge in [-0.15, -0.1) is 26.3 Å². The number of aromatic nitrogens is 2. The van der Waals surface area contributed by atoms with Gasteiger partial charge in [-0.2, -0.15) is 0 Å². The Balaban J connectivity index is 1.55. The number of halogens is 6. The number of aryl methyl sites for hydroxylation is 2. The van der Waals surface area contributed by atoms with Crippen LogP contribution in [-0.4, -0.2) is 22.7 Å². The van der Waals surface area contributed by atoms with Crippen molar-refractivity contribution in [2.24, 2.45) is 0 Å². The molecule has 0 N–H and O–H groups in total. The van der Waals surface area contributed by atoms with Crippen molar-refractivity contribution in [1.82, 2.24) is 9.97 Å². The molecule has 10 heteroatoms. The van der Waals surface area contributed by atoms with Crippen molar-refractivity contribution in [2.75, 3.05) is 0 Å². The SMILES string of the molecule is Cc1nc(C)c(C)c(-c2ccc(-c3cc(-c4ccc(OC(F)(F)F)cc4)cc(-c4ccc(OC(F)(F)F)cc4)c3)cc2)n1. The molecule has 43 heavy (non-hydrogen) atoms. The Bertz CT molecular complexity index is 1670. The molecule has 4 aromatic carbocycles. The van der Waals surface area contributed by atoms with Crippen molar-refractivity contribution >= 4 is 0 Å². The average molecular weight is 595 g/mol. The van der Waals surface area contributed by atoms with Crippen LogP contribution >= 0.6 is 0 Å². The van der Waals surface area contributed by atoms with Crippen molar-refractivity contribution in [3.05, 3.63) is 108 Å². The first kappa shape index (κ1) is 29.6. The summed E-state index contributed by atoms with van der Waals surface area (Å²) in [5.74, 6) is -0.0410. The lowest BCUT2D eigenvalue weighted by Gasteiger charge is -2.14. The molecule has 0 aliphatic carbocycles. The molecule has 4 nitrogen and oxygen atoms in total. The monoisotopic (exact) mass is 594 g/mol. The summed E-state index contributed by atoms with van der Waals surface area (Å²) in [6, 6.07) is 24.3. The summed E-state index contributed by atoms with van der Waals surface area (Å²) in [5, 5.41) is 0. The molecule has 5 rings (SSSR count). The first-order valence-corrected chi connectivity index (χ1v) is 13.0. The van der Waals surface area contributed by atoms with Gasteiger partial charge < -0.3 is 9.47 Å². The van der Waals surface area contributed by atoms with Crippen molar-refractivity contribution in [2.45, 2.75) is 33.5 Å². The van der Waals surface area contributed by atoms with Gasteiger partial charge in [-0.1, -0.05) is 48.5 Å². The van der Waals surface area contributed by atoms with E-state index in [2.05, 4.69) is 19.4 Å². The van der Waals surface area contributed by atoms with Crippen LogP contribution in [0.25, 0.3) is 44.6 Å². The second-order valence-electron chi connectivity index (χ2n) is 9.85. The Morgan fingerprint density at radius 1 is 0.465 bits per heavy atom. The number of hydrogen-bond acceptors (Lipinski definition) is 4. The van der Waals surface area contributed by atoms with Crippen molar-refractivity contribution in [1.29, 1.82) is 0 Å². The van der Waals surface area contributed by atoms with Gasteiger partial charge in [-0.25, -0.2) is 9.97 Å². The minimum Gasteiger partial charge on any atom is -0.406 e. The molecule has 0 aliphatic heterocycles. The van der Waals surface area contributed by atoms with E-state index in [0.29, 0.717) is 28.1 Å². The van der Waals surface area contributed by atoms with Gasteiger partial charge in [-0.3, -0.25) is 0 Å². The summed E-state index contributed by atoms with van der Waals surface area (Å²) in [4.78, 5) is 9.01. The maximum Gasteiger partial charge on any atom is 0.573 e. The molecular formula is C33H24F6N2O2. The van der Waals surface area contributed by atoms with E-state index < -0.39 is 12.7 Å². The number of nitrogens with zero attached hydrogens (tertiary/aromatic N) is 2. The smallest absolute Gasteiger partial charge is 0.406 e. The van der Waals surface area contributed by atoms with Crippen molar-refractivity contribution in [3.63, 3.8) is 0 Å². The Labute approximate surface area is 243 Å². The molecule has 220 valence electrons. The fourth-order valence-electron chi connectivity index (χ4n) is 4.70. The van der Waals surface area contributed by atoms with E-state index in [9.17, 15) is 26.3 Å². The lowest BCUT2D eigenvalue weighted by molar-refractivity contribution is -0.275. The Morgan fingerprint density at radius 3 is 1.19 bits per heavy atom. The summed E-state index contributed by atoms with van der Waals surface area (Å²) >= 11 is 0. The number of hydrogen-bond donors (Lipinski definition) is 0. The Morgan fingerprint density at radius 2 is 0.814 bits per heavy atom. The van der Waals surface area contributed by atoms with E-state index in [0.717, 1.165) is 33.6 Å². The third kappa shape index (κ3) is 7.32. The molecule has 1 aromatic heterocycles. The van der Waals surface area contributed by atoms with E-state index >= 15 is 0 Å². The van der Waals surface area contributed by atoms with Crippen LogP contribution in [0.4, 0.5) is 26.3 Å². The summed E-state index contributed by atoms with van der Waals surface area (Å²) < 4.78 is 84.0. The zero-order valence-corrected chi connectivity index (χ0v) is 23.1. The quantitative estimate of drug-likeness (QED) is 0.184. The zero-order valence-electron chi connectivity index (χ0n) is 23.1. The summed E-state index contributed by atoms with van der Waals surface area (Å²) in [6.45, 7) is 5.73. The molecule has 1 heterocycles. The molecule has 0 amide bonds. The van der Waals surface area contributed by atoms with Gasteiger partial charge in [0, 0.05) is 11.3 Å². The van der Waals surface area contributed by atoms with Crippen LogP contribution in [-0.2, 0) is 0 Å². The highest BCUT2D eigenvalue weighted by Gasteiger charge is 2.31. The lowest BCUT2D eigenvalue weighted by Crippen LogP contribution is -2.16. The molecule has 0 unspecified atom stereocenters. The van der Waals surface area contributed by atoms with E-state index in [1.165, 1.54) is 48.5 Å². The van der Waals surface area contributed by atoms with Crippen LogP contribution in [0.5, 0.6) is 11.5 Å². The average Bonchev–Trinajstić information content (AvgIpc) is 2.94. The normalized spacial score (nSPS) is 11.8. The minimum absolute atomic E-state index is 0.353. The number of benzene rings is 4. The van der Waals surface area contributed by atoms with Gasteiger partial charge in [0.25, 0.3) is 0 Å². The van der Waals surface area contributed by atoms with Crippen molar-refractivity contribution in [3.8, 4) is 56.1 Å². The first-order valence-electron chi connectivity index (χ1n) is 13.0. The van der Waals surface area contributed by atoms with Gasteiger partial charge in [0.1, 0.15) is 17.3 Å². The van der Waals surface area contributed by atoms with E-state index in [1.54, 1.807) is 0 Å². The molecule has 5 aromatic rings. The van der Waals surface area contributed by atoms with Crippen LogP contribution in [0.1, 0.15) is 17.1 Å². The topological polar surface area (TPSA) is 44.2 Å². The van der Waals surface area contributed by atoms with Crippen LogP contribution in [0.3, 0.4) is 0 Å². The predicted octanol–water partition coefficient (Wildman–Crippen LogP) is 9.87. The fraction of sp³-hybridized carbons (Fsp3) is 0.152. The Hall–Kier alpha value is -4.86. The molecule has 0 saturated heterocycles. The molecule has 0 bridgehead atoms. The second-order valence-corrected chi connectivity index (χ2v) is 9.85. The molecular weight excluding hydrogens is 570 g/mol. The van der Waals surface area contributed by atoms with Gasteiger partial charge in [0.2, 0.25) is 0 Å². The van der Waals surface area contributed by atoms with E-state index in [1.807, 2.05) is 63.2 Å². The molecule has 0 radical (unpaired) electrons. The van der Waals surface area contributed by atoms with Crippen LogP contribution < -0.4 is 9.47 Å². The maximum atomic E-state index is 12.7. The molecule has 0 aliphatic rings. The van der Waals surface area contributed by atoms with E-state index in [-0.39, 0.29) is 11.5 Å². The molecule has 0 saturated carbocycles. The number of alkyl halides is 6. The minimum atomic E-state index is -4.82. The molecule has 0 fully saturated rings. The molecule has 0 atom stereocenters. The number of ether oxygens (including phenoxy) is 2. The lowest BCUT2D eigenvalue weighted by atomic mass is 9.92. The van der Waals surface area contributed by atoms with Gasteiger partial charge in [-0.05, 0) is 102 Å². The fourth-order valence-corrected chi connectivity index (χ4v) is 4.70. The highest BCUT2D eigenvalue weighted by Crippen LogP contribution is 2.36. The summed E-state index contributed by atoms with van der Waals surface area (Å²) in [5.41, 5.74) is 7.84. The third-order valence-electron chi connectivity index (χ3n) is 6.77. The predicted molar refractivity (Wildman–Crippen MR) is 151 cm³/mol. The van der Waals surface area contributed by atoms with Gasteiger partial charge >= 0.3 is 12.7 Å². The van der Waals surface area contributed by atoms with Crippen LogP contribution in [0.2, 0.25) is 0 Å². The van der Waals surface area contributed by atoms with Gasteiger partial charge in [0.05, 0.1) is 5.69 Å². The maximum absolute atomic E-state index is 12.7. The van der Waals surface area contributed by atoms with Crippen LogP contribution in [0, 0.1) is 20.8 Å². The zero-order chi connectivity index (χ0) is 30.9. The van der Waals surface area contributed by atoms with Crippen molar-refractivity contribution < 1.29 is 35.8 Å². The highest BCUT2D eigenvalue weighted by atomic mass is 19.4. The largest absolute Gasteiger partial charge is 0.573 e. The number of rotatable bonds is 6. The van der Waals surface area contributed by atoms with Gasteiger partial charge in [0.15, 0.2) is 0 Å². The molecule has 0 spiro atoms. The first-order chi connectivity index (χ1) is 20.2. The summed E-state index contributed by atoms with van der Waals surface area (Å²) in [6.07, 6.45) is -9.63. The highest BCUT2D eigenvalue weighted by molar-refractivity contribution is 5.82.